The van der Waals surface area contributed by atoms with Gasteiger partial charge < -0.3 is 16.0 Å². The van der Waals surface area contributed by atoms with Gasteiger partial charge in [-0.2, -0.15) is 18.2 Å². The highest BCUT2D eigenvalue weighted by Crippen LogP contribution is 2.33. The minimum Gasteiger partial charge on any atom is -0.382 e. The molecule has 2 aliphatic rings. The SMILES string of the molecule is CN1CC[C@H](Nc2nc(N)c3c(-c4ccc5c(n4)C[C@H](CCCC(F)(F)F)C=N5)ccn3n2)[C@H](F)C1. The van der Waals surface area contributed by atoms with E-state index in [2.05, 4.69) is 20.4 Å². The highest BCUT2D eigenvalue weighted by Gasteiger charge is 2.29. The number of hydrogen-bond donors (Lipinski definition) is 2. The Bertz CT molecular complexity index is 1270. The van der Waals surface area contributed by atoms with Crippen LogP contribution in [-0.4, -0.2) is 69.2 Å². The first kappa shape index (κ1) is 24.4. The quantitative estimate of drug-likeness (QED) is 0.482. The number of rotatable bonds is 6. The van der Waals surface area contributed by atoms with Gasteiger partial charge in [0.25, 0.3) is 0 Å². The summed E-state index contributed by atoms with van der Waals surface area (Å²) in [5.41, 5.74) is 9.70. The second-order valence-electron chi connectivity index (χ2n) is 9.57. The van der Waals surface area contributed by atoms with E-state index < -0.39 is 18.8 Å². The summed E-state index contributed by atoms with van der Waals surface area (Å²) in [7, 11) is 1.89. The summed E-state index contributed by atoms with van der Waals surface area (Å²) in [6.07, 6.45) is -0.898. The molecule has 0 bridgehead atoms. The summed E-state index contributed by atoms with van der Waals surface area (Å²) in [6.45, 7) is 1.13. The van der Waals surface area contributed by atoms with E-state index in [4.69, 9.17) is 10.7 Å². The topological polar surface area (TPSA) is 96.7 Å². The Balaban J connectivity index is 1.34. The molecule has 192 valence electrons. The Morgan fingerprint density at radius 1 is 1.19 bits per heavy atom. The van der Waals surface area contributed by atoms with Crippen LogP contribution in [0.4, 0.5) is 35.0 Å². The zero-order valence-electron chi connectivity index (χ0n) is 19.8. The predicted octanol–water partition coefficient (Wildman–Crippen LogP) is 4.43. The lowest BCUT2D eigenvalue weighted by Gasteiger charge is -2.32. The Morgan fingerprint density at radius 3 is 2.81 bits per heavy atom. The van der Waals surface area contributed by atoms with Gasteiger partial charge >= 0.3 is 6.18 Å². The lowest BCUT2D eigenvalue weighted by molar-refractivity contribution is -0.135. The minimum atomic E-state index is -4.15. The number of nitrogens with zero attached hydrogens (tertiary/aromatic N) is 6. The number of hydrogen-bond acceptors (Lipinski definition) is 7. The van der Waals surface area contributed by atoms with E-state index in [1.165, 1.54) is 0 Å². The van der Waals surface area contributed by atoms with Crippen molar-refractivity contribution in [2.24, 2.45) is 10.9 Å². The minimum absolute atomic E-state index is 0.0598. The van der Waals surface area contributed by atoms with Crippen LogP contribution in [0.1, 0.15) is 31.4 Å². The normalized spacial score (nSPS) is 22.6. The number of pyridine rings is 1. The van der Waals surface area contributed by atoms with Crippen molar-refractivity contribution in [2.75, 3.05) is 31.2 Å². The molecule has 0 unspecified atom stereocenters. The van der Waals surface area contributed by atoms with Crippen LogP contribution in [0, 0.1) is 5.92 Å². The van der Waals surface area contributed by atoms with E-state index in [-0.39, 0.29) is 30.1 Å². The van der Waals surface area contributed by atoms with E-state index >= 15 is 0 Å². The number of nitrogen functional groups attached to an aromatic ring is 1. The maximum atomic E-state index is 14.4. The summed E-state index contributed by atoms with van der Waals surface area (Å²) in [6, 6.07) is 5.12. The lowest BCUT2D eigenvalue weighted by Crippen LogP contribution is -2.46. The van der Waals surface area contributed by atoms with Gasteiger partial charge in [-0.25, -0.2) is 8.91 Å². The third-order valence-corrected chi connectivity index (χ3v) is 6.74. The molecular formula is C24H28F4N8. The maximum Gasteiger partial charge on any atom is 0.389 e. The molecule has 3 aromatic heterocycles. The number of anilines is 2. The molecule has 0 aliphatic carbocycles. The Kier molecular flexibility index (Phi) is 6.54. The van der Waals surface area contributed by atoms with Gasteiger partial charge in [0.1, 0.15) is 11.7 Å². The first-order valence-corrected chi connectivity index (χ1v) is 12.0. The van der Waals surface area contributed by atoms with Gasteiger partial charge in [0.2, 0.25) is 5.95 Å². The molecule has 0 amide bonds. The summed E-state index contributed by atoms with van der Waals surface area (Å²) in [4.78, 5) is 15.5. The zero-order valence-corrected chi connectivity index (χ0v) is 19.8. The fourth-order valence-corrected chi connectivity index (χ4v) is 4.84. The van der Waals surface area contributed by atoms with Gasteiger partial charge in [-0.15, -0.1) is 5.10 Å². The number of fused-ring (bicyclic) bond motifs is 2. The van der Waals surface area contributed by atoms with Gasteiger partial charge in [-0.3, -0.25) is 9.98 Å². The van der Waals surface area contributed by atoms with Crippen LogP contribution in [0.15, 0.2) is 29.4 Å². The number of aliphatic imine (C=N–C) groups is 1. The van der Waals surface area contributed by atoms with Crippen molar-refractivity contribution < 1.29 is 17.6 Å². The van der Waals surface area contributed by atoms with Gasteiger partial charge in [0.15, 0.2) is 5.82 Å². The molecule has 0 aromatic carbocycles. The number of nitrogens with one attached hydrogen (secondary N) is 1. The summed E-state index contributed by atoms with van der Waals surface area (Å²) >= 11 is 0. The molecule has 3 aromatic rings. The third-order valence-electron chi connectivity index (χ3n) is 6.74. The van der Waals surface area contributed by atoms with Gasteiger partial charge in [0.05, 0.1) is 23.1 Å². The molecule has 1 fully saturated rings. The Morgan fingerprint density at radius 2 is 2.03 bits per heavy atom. The van der Waals surface area contributed by atoms with Gasteiger partial charge in [-0.1, -0.05) is 0 Å². The number of halogens is 4. The molecule has 0 spiro atoms. The average molecular weight is 505 g/mol. The predicted molar refractivity (Wildman–Crippen MR) is 130 cm³/mol. The van der Waals surface area contributed by atoms with Crippen LogP contribution in [-0.2, 0) is 6.42 Å². The molecule has 2 aliphatic heterocycles. The molecule has 5 heterocycles. The standard InChI is InChI=1S/C24H28F4N8/c1-35-9-7-18(16(25)13-35)32-23-33-22(29)21-15(6-10-36(21)34-23)17-4-5-19-20(31-17)11-14(12-30-19)3-2-8-24(26,27)28/h4-6,10,12,14,16,18H,2-3,7-9,11,13H2,1H3,(H3,29,32,33,34)/t14-,16+,18-/m0/s1. The van der Waals surface area contributed by atoms with Crippen molar-refractivity contribution in [3.8, 4) is 11.3 Å². The fraction of sp³-hybridized carbons (Fsp3) is 0.500. The lowest BCUT2D eigenvalue weighted by atomic mass is 9.94. The van der Waals surface area contributed by atoms with Crippen LogP contribution < -0.4 is 11.1 Å². The summed E-state index contributed by atoms with van der Waals surface area (Å²) < 4.78 is 53.5. The monoisotopic (exact) mass is 504 g/mol. The zero-order chi connectivity index (χ0) is 25.4. The van der Waals surface area contributed by atoms with E-state index in [9.17, 15) is 17.6 Å². The second-order valence-corrected chi connectivity index (χ2v) is 9.57. The van der Waals surface area contributed by atoms with Crippen molar-refractivity contribution in [3.05, 3.63) is 30.1 Å². The fourth-order valence-electron chi connectivity index (χ4n) is 4.84. The Hall–Kier alpha value is -3.28. The van der Waals surface area contributed by atoms with Crippen LogP contribution in [0.25, 0.3) is 16.8 Å². The van der Waals surface area contributed by atoms with Crippen LogP contribution in [0.2, 0.25) is 0 Å². The smallest absolute Gasteiger partial charge is 0.382 e. The molecular weight excluding hydrogens is 476 g/mol. The first-order valence-electron chi connectivity index (χ1n) is 12.0. The van der Waals surface area contributed by atoms with E-state index in [0.717, 1.165) is 17.8 Å². The van der Waals surface area contributed by atoms with Crippen molar-refractivity contribution in [2.45, 2.75) is 50.5 Å². The van der Waals surface area contributed by atoms with Crippen LogP contribution in [0.5, 0.6) is 0 Å². The Labute approximate surface area is 205 Å². The van der Waals surface area contributed by atoms with Crippen molar-refractivity contribution in [3.63, 3.8) is 0 Å². The summed E-state index contributed by atoms with van der Waals surface area (Å²) in [5.74, 6) is 0.404. The average Bonchev–Trinajstić information content (AvgIpc) is 3.24. The van der Waals surface area contributed by atoms with Crippen molar-refractivity contribution >= 4 is 29.2 Å². The van der Waals surface area contributed by atoms with E-state index in [1.807, 2.05) is 30.1 Å². The molecule has 0 radical (unpaired) electrons. The van der Waals surface area contributed by atoms with Crippen molar-refractivity contribution in [1.29, 1.82) is 0 Å². The first-order chi connectivity index (χ1) is 17.2. The van der Waals surface area contributed by atoms with Crippen LogP contribution in [0.3, 0.4) is 0 Å². The van der Waals surface area contributed by atoms with Crippen molar-refractivity contribution in [1.82, 2.24) is 24.5 Å². The molecule has 3 atom stereocenters. The third kappa shape index (κ3) is 5.28. The maximum absolute atomic E-state index is 14.4. The van der Waals surface area contributed by atoms with Gasteiger partial charge in [-0.05, 0) is 56.8 Å². The highest BCUT2D eigenvalue weighted by molar-refractivity contribution is 5.87. The van der Waals surface area contributed by atoms with E-state index in [1.54, 1.807) is 16.9 Å². The highest BCUT2D eigenvalue weighted by atomic mass is 19.4. The van der Waals surface area contributed by atoms with Crippen LogP contribution >= 0.6 is 0 Å². The molecule has 1 saturated heterocycles. The molecule has 8 nitrogen and oxygen atoms in total. The number of likely N-dealkylation sites (tertiary alicyclic amines) is 1. The number of alkyl halides is 4. The molecule has 3 N–H and O–H groups in total. The summed E-state index contributed by atoms with van der Waals surface area (Å²) in [5, 5.41) is 7.55. The molecule has 5 rings (SSSR count). The molecule has 0 saturated carbocycles. The number of piperidine rings is 1. The van der Waals surface area contributed by atoms with Gasteiger partial charge in [0, 0.05) is 37.5 Å². The number of aromatic nitrogens is 4. The molecule has 36 heavy (non-hydrogen) atoms. The largest absolute Gasteiger partial charge is 0.389 e. The second kappa shape index (κ2) is 9.64. The number of nitrogens with two attached hydrogens (primary N) is 1. The van der Waals surface area contributed by atoms with E-state index in [0.29, 0.717) is 42.7 Å². The molecule has 12 heteroatoms.